The van der Waals surface area contributed by atoms with Crippen molar-refractivity contribution in [1.82, 2.24) is 5.48 Å². The Hall–Kier alpha value is -2.48. The van der Waals surface area contributed by atoms with Gasteiger partial charge in [-0.15, -0.1) is 8.86 Å². The number of nitrogens with one attached hydrogen (secondary N) is 1. The van der Waals surface area contributed by atoms with Crippen molar-refractivity contribution >= 4 is 32.2 Å². The monoisotopic (exact) mass is 337 g/mol. The van der Waals surface area contributed by atoms with Crippen LogP contribution in [0.1, 0.15) is 27.8 Å². The smallest absolute Gasteiger partial charge is 0.267 e. The fourth-order valence-electron chi connectivity index (χ4n) is 2.20. The fourth-order valence-corrected chi connectivity index (χ4v) is 2.45. The minimum absolute atomic E-state index is 0.548. The number of allylic oxidation sites excluding steroid dienone is 1. The first-order valence-corrected chi connectivity index (χ1v) is 8.06. The number of hydrogen-bond acceptors (Lipinski definition) is 2. The molecule has 2 aromatic carbocycles. The first kappa shape index (κ1) is 17.9. The molecule has 0 saturated carbocycles. The maximum Gasteiger partial charge on any atom is 0.267 e. The Labute approximate surface area is 144 Å². The Bertz CT molecular complexity index is 805. The van der Waals surface area contributed by atoms with E-state index in [0.29, 0.717) is 0 Å². The molecule has 3 nitrogen and oxygen atoms in total. The van der Waals surface area contributed by atoms with Crippen LogP contribution >= 0.6 is 8.86 Å². The highest BCUT2D eigenvalue weighted by Crippen LogP contribution is 2.15. The normalized spacial score (nSPS) is 11.1. The summed E-state index contributed by atoms with van der Waals surface area (Å²) < 4.78 is 0. The topological polar surface area (TPSA) is 49.3 Å². The Morgan fingerprint density at radius 3 is 2.38 bits per heavy atom. The van der Waals surface area contributed by atoms with E-state index in [1.54, 1.807) is 11.6 Å². The summed E-state index contributed by atoms with van der Waals surface area (Å²) in [6.07, 6.45) is 7.01. The Kier molecular flexibility index (Phi) is 6.25. The highest BCUT2D eigenvalue weighted by Gasteiger charge is 1.99. The number of carbonyl (C=O) groups excluding carboxylic acids is 1. The van der Waals surface area contributed by atoms with Crippen LogP contribution in [0.2, 0.25) is 0 Å². The molecule has 0 radical (unpaired) electrons. The molecule has 0 aliphatic heterocycles. The first-order chi connectivity index (χ1) is 11.5. The van der Waals surface area contributed by atoms with Crippen LogP contribution in [-0.2, 0) is 4.79 Å². The van der Waals surface area contributed by atoms with Crippen molar-refractivity contribution in [3.63, 3.8) is 0 Å². The van der Waals surface area contributed by atoms with Gasteiger partial charge in [-0.25, -0.2) is 5.48 Å². The maximum atomic E-state index is 11.0. The molecule has 0 aliphatic carbocycles. The van der Waals surface area contributed by atoms with E-state index in [9.17, 15) is 4.79 Å². The molecule has 2 rings (SSSR count). The molecule has 0 heterocycles. The Morgan fingerprint density at radius 2 is 1.75 bits per heavy atom. The second kappa shape index (κ2) is 8.39. The molecular formula is C20H20NO2P. The predicted molar refractivity (Wildman–Crippen MR) is 103 cm³/mol. The molecule has 0 aromatic heterocycles. The predicted octanol–water partition coefficient (Wildman–Crippen LogP) is 4.20. The molecular weight excluding hydrogens is 317 g/mol. The quantitative estimate of drug-likeness (QED) is 0.372. The summed E-state index contributed by atoms with van der Waals surface area (Å²) in [6, 6.07) is 14.2. The minimum atomic E-state index is -0.548. The van der Waals surface area contributed by atoms with Gasteiger partial charge in [0.1, 0.15) is 0 Å². The van der Waals surface area contributed by atoms with Crippen molar-refractivity contribution in [3.05, 3.63) is 82.4 Å². The van der Waals surface area contributed by atoms with Gasteiger partial charge in [-0.1, -0.05) is 54.1 Å². The zero-order valence-electron chi connectivity index (χ0n) is 13.7. The molecule has 4 heteroatoms. The van der Waals surface area contributed by atoms with Crippen LogP contribution in [0.4, 0.5) is 0 Å². The molecule has 0 fully saturated rings. The number of benzene rings is 2. The molecule has 1 amide bonds. The van der Waals surface area contributed by atoms with Crippen LogP contribution in [0.5, 0.6) is 0 Å². The van der Waals surface area contributed by atoms with Crippen LogP contribution in [0.3, 0.4) is 0 Å². The summed E-state index contributed by atoms with van der Waals surface area (Å²) in [5, 5.41) is 9.49. The lowest BCUT2D eigenvalue weighted by Gasteiger charge is -2.04. The molecule has 2 aromatic rings. The number of rotatable bonds is 5. The van der Waals surface area contributed by atoms with Gasteiger partial charge in [0, 0.05) is 11.4 Å². The first-order valence-electron chi connectivity index (χ1n) is 7.56. The van der Waals surface area contributed by atoms with E-state index in [2.05, 4.69) is 40.1 Å². The van der Waals surface area contributed by atoms with Crippen LogP contribution in [-0.4, -0.2) is 16.4 Å². The van der Waals surface area contributed by atoms with Crippen LogP contribution in [0.15, 0.2) is 54.6 Å². The van der Waals surface area contributed by atoms with E-state index in [0.717, 1.165) is 27.5 Å². The third-order valence-corrected chi connectivity index (χ3v) is 4.08. The average molecular weight is 337 g/mol. The molecule has 2 N–H and O–H groups in total. The second-order valence-electron chi connectivity index (χ2n) is 5.54. The molecule has 0 unspecified atom stereocenters. The lowest BCUT2D eigenvalue weighted by molar-refractivity contribution is -0.124. The molecule has 24 heavy (non-hydrogen) atoms. The van der Waals surface area contributed by atoms with Gasteiger partial charge in [0.05, 0.1) is 0 Å². The zero-order chi connectivity index (χ0) is 17.5. The van der Waals surface area contributed by atoms with E-state index >= 15 is 0 Å². The standard InChI is InChI=1S/C20H20NO2P/c1-14-3-7-18(8-4-14)19(24)11-10-17-9-5-16(13-15(17)2)6-12-20(22)21-23/h3-13,23-24H,1-2H3,(H,21,22)/b11-10+,12-6+. The van der Waals surface area contributed by atoms with E-state index in [1.165, 1.54) is 11.6 Å². The molecule has 0 saturated heterocycles. The lowest BCUT2D eigenvalue weighted by Crippen LogP contribution is -2.14. The lowest BCUT2D eigenvalue weighted by atomic mass is 10.0. The molecule has 0 atom stereocenters. The van der Waals surface area contributed by atoms with Gasteiger partial charge >= 0.3 is 0 Å². The minimum Gasteiger partial charge on any atom is -0.288 e. The summed E-state index contributed by atoms with van der Waals surface area (Å²) >= 11 is 0. The van der Waals surface area contributed by atoms with Crippen molar-refractivity contribution in [2.45, 2.75) is 13.8 Å². The van der Waals surface area contributed by atoms with Crippen molar-refractivity contribution in [2.75, 3.05) is 0 Å². The summed E-state index contributed by atoms with van der Waals surface area (Å²) in [6.45, 7) is 4.08. The summed E-state index contributed by atoms with van der Waals surface area (Å²) in [7, 11) is 3.66. The van der Waals surface area contributed by atoms with Gasteiger partial charge in [-0.3, -0.25) is 10.0 Å². The highest BCUT2D eigenvalue weighted by atomic mass is 31.0. The number of aryl methyl sites for hydroxylation is 2. The second-order valence-corrected chi connectivity index (χ2v) is 6.08. The maximum absolute atomic E-state index is 11.0. The molecule has 122 valence electrons. The summed E-state index contributed by atoms with van der Waals surface area (Å²) in [4.78, 5) is 11.0. The van der Waals surface area contributed by atoms with Gasteiger partial charge in [0.25, 0.3) is 5.91 Å². The fraction of sp³-hybridized carbons (Fsp3) is 0.100. The van der Waals surface area contributed by atoms with Gasteiger partial charge in [-0.05, 0) is 48.3 Å². The Morgan fingerprint density at radius 1 is 1.04 bits per heavy atom. The third kappa shape index (κ3) is 5.02. The van der Waals surface area contributed by atoms with Crippen LogP contribution in [0, 0.1) is 13.8 Å². The zero-order valence-corrected chi connectivity index (χ0v) is 14.7. The van der Waals surface area contributed by atoms with Gasteiger partial charge < -0.3 is 0 Å². The van der Waals surface area contributed by atoms with E-state index in [4.69, 9.17) is 5.21 Å². The largest absolute Gasteiger partial charge is 0.288 e. The van der Waals surface area contributed by atoms with Crippen molar-refractivity contribution < 1.29 is 10.0 Å². The van der Waals surface area contributed by atoms with Crippen LogP contribution < -0.4 is 5.48 Å². The molecule has 0 spiro atoms. The van der Waals surface area contributed by atoms with Crippen LogP contribution in [0.25, 0.3) is 12.2 Å². The highest BCUT2D eigenvalue weighted by molar-refractivity contribution is 7.23. The average Bonchev–Trinajstić information content (AvgIpc) is 2.59. The van der Waals surface area contributed by atoms with E-state index < -0.39 is 5.91 Å². The van der Waals surface area contributed by atoms with E-state index in [-0.39, 0.29) is 0 Å². The van der Waals surface area contributed by atoms with Gasteiger partial charge in [-0.2, -0.15) is 0 Å². The van der Waals surface area contributed by atoms with E-state index in [1.807, 2.05) is 37.3 Å². The van der Waals surface area contributed by atoms with Gasteiger partial charge in [0.2, 0.25) is 0 Å². The SMILES string of the molecule is Cc1ccc(C(=P)/C=C/c2ccc(/C=C/C(=O)NO)cc2C)cc1. The number of carbonyl (C=O) groups is 1. The Balaban J connectivity index is 2.12. The molecule has 0 aliphatic rings. The summed E-state index contributed by atoms with van der Waals surface area (Å²) in [5.41, 5.74) is 7.02. The summed E-state index contributed by atoms with van der Waals surface area (Å²) in [5.74, 6) is -0.548. The number of hydrogen-bond donors (Lipinski definition) is 2. The third-order valence-electron chi connectivity index (χ3n) is 3.62. The van der Waals surface area contributed by atoms with Crippen molar-refractivity contribution in [1.29, 1.82) is 0 Å². The molecule has 0 bridgehead atoms. The van der Waals surface area contributed by atoms with Gasteiger partial charge in [0.15, 0.2) is 0 Å². The number of amides is 1. The number of hydroxylamine groups is 1. The van der Waals surface area contributed by atoms with Crippen molar-refractivity contribution in [3.8, 4) is 0 Å². The van der Waals surface area contributed by atoms with Crippen molar-refractivity contribution in [2.24, 2.45) is 0 Å².